The molecule has 0 aromatic carbocycles. The van der Waals surface area contributed by atoms with Crippen molar-refractivity contribution in [2.75, 3.05) is 0 Å². The van der Waals surface area contributed by atoms with Crippen LogP contribution >= 0.6 is 0 Å². The topological polar surface area (TPSA) is 12.9 Å². The highest BCUT2D eigenvalue weighted by Crippen LogP contribution is 2.07. The zero-order valence-electron chi connectivity index (χ0n) is 9.42. The predicted octanol–water partition coefficient (Wildman–Crippen LogP) is 3.77. The lowest BCUT2D eigenvalue weighted by Crippen LogP contribution is -1.92. The zero-order valence-corrected chi connectivity index (χ0v) is 9.42. The molecule has 0 saturated carbocycles. The van der Waals surface area contributed by atoms with Crippen molar-refractivity contribution in [3.8, 4) is 0 Å². The molecular formula is C13H21N. The van der Waals surface area contributed by atoms with Crippen LogP contribution in [0.25, 0.3) is 0 Å². The molecule has 0 amide bonds. The summed E-state index contributed by atoms with van der Waals surface area (Å²) >= 11 is 0. The van der Waals surface area contributed by atoms with Crippen molar-refractivity contribution in [1.82, 2.24) is 4.98 Å². The first-order valence-electron chi connectivity index (χ1n) is 5.80. The summed E-state index contributed by atoms with van der Waals surface area (Å²) in [4.78, 5) is 4.47. The number of nitrogens with zero attached hydrogens (tertiary/aromatic N) is 1. The molecule has 0 unspecified atom stereocenters. The second-order valence-corrected chi connectivity index (χ2v) is 3.86. The molecule has 1 aromatic rings. The summed E-state index contributed by atoms with van der Waals surface area (Å²) in [5.41, 5.74) is 2.62. The van der Waals surface area contributed by atoms with Gasteiger partial charge in [-0.05, 0) is 37.3 Å². The largest absolute Gasteiger partial charge is 0.261 e. The van der Waals surface area contributed by atoms with E-state index in [-0.39, 0.29) is 0 Å². The van der Waals surface area contributed by atoms with Crippen molar-refractivity contribution in [1.29, 1.82) is 0 Å². The molecule has 0 N–H and O–H groups in total. The van der Waals surface area contributed by atoms with Crippen molar-refractivity contribution in [2.24, 2.45) is 0 Å². The fourth-order valence-corrected chi connectivity index (χ4v) is 1.49. The lowest BCUT2D eigenvalue weighted by atomic mass is 10.1. The van der Waals surface area contributed by atoms with E-state index in [0.717, 1.165) is 6.42 Å². The van der Waals surface area contributed by atoms with Crippen LogP contribution in [0.5, 0.6) is 0 Å². The van der Waals surface area contributed by atoms with Crippen molar-refractivity contribution in [3.63, 3.8) is 0 Å². The molecule has 0 aliphatic heterocycles. The van der Waals surface area contributed by atoms with E-state index in [1.54, 1.807) is 0 Å². The smallest absolute Gasteiger partial charge is 0.0403 e. The lowest BCUT2D eigenvalue weighted by Gasteiger charge is -2.02. The fraction of sp³-hybridized carbons (Fsp3) is 0.615. The van der Waals surface area contributed by atoms with Gasteiger partial charge in [0.25, 0.3) is 0 Å². The minimum absolute atomic E-state index is 1.13. The average molecular weight is 191 g/mol. The minimum Gasteiger partial charge on any atom is -0.261 e. The summed E-state index contributed by atoms with van der Waals surface area (Å²) in [6.07, 6.45) is 9.39. The number of aryl methyl sites for hydroxylation is 2. The van der Waals surface area contributed by atoms with Crippen LogP contribution in [-0.4, -0.2) is 4.98 Å². The van der Waals surface area contributed by atoms with Crippen molar-refractivity contribution >= 4 is 0 Å². The van der Waals surface area contributed by atoms with Crippen LogP contribution in [0.2, 0.25) is 0 Å². The Labute approximate surface area is 87.6 Å². The monoisotopic (exact) mass is 191 g/mol. The van der Waals surface area contributed by atoms with E-state index in [0.29, 0.717) is 0 Å². The Balaban J connectivity index is 2.42. The summed E-state index contributed by atoms with van der Waals surface area (Å²) in [5, 5.41) is 0. The Hall–Kier alpha value is -0.850. The third kappa shape index (κ3) is 3.91. The highest BCUT2D eigenvalue weighted by molar-refractivity contribution is 5.14. The maximum atomic E-state index is 4.47. The van der Waals surface area contributed by atoms with Crippen LogP contribution in [0, 0.1) is 0 Å². The second kappa shape index (κ2) is 6.58. The van der Waals surface area contributed by atoms with Gasteiger partial charge in [0.05, 0.1) is 0 Å². The molecule has 0 bridgehead atoms. The molecule has 0 spiro atoms. The van der Waals surface area contributed by atoms with E-state index in [1.165, 1.54) is 43.4 Å². The number of rotatable bonds is 6. The van der Waals surface area contributed by atoms with Crippen molar-refractivity contribution < 1.29 is 0 Å². The molecule has 0 saturated heterocycles. The molecule has 1 nitrogen and oxygen atoms in total. The van der Waals surface area contributed by atoms with E-state index in [4.69, 9.17) is 0 Å². The van der Waals surface area contributed by atoms with Gasteiger partial charge in [-0.1, -0.05) is 32.8 Å². The van der Waals surface area contributed by atoms with Crippen molar-refractivity contribution in [2.45, 2.75) is 52.4 Å². The fourth-order valence-electron chi connectivity index (χ4n) is 1.49. The van der Waals surface area contributed by atoms with Crippen LogP contribution in [0.4, 0.5) is 0 Å². The Morgan fingerprint density at radius 2 is 1.71 bits per heavy atom. The van der Waals surface area contributed by atoms with Gasteiger partial charge in [-0.25, -0.2) is 0 Å². The Morgan fingerprint density at radius 1 is 1.00 bits per heavy atom. The van der Waals surface area contributed by atoms with Crippen LogP contribution in [-0.2, 0) is 12.8 Å². The molecule has 0 aliphatic rings. The quantitative estimate of drug-likeness (QED) is 0.667. The summed E-state index contributed by atoms with van der Waals surface area (Å²) in [7, 11) is 0. The van der Waals surface area contributed by atoms with Gasteiger partial charge < -0.3 is 0 Å². The number of hydrogen-bond acceptors (Lipinski definition) is 1. The number of pyridine rings is 1. The molecule has 78 valence electrons. The predicted molar refractivity (Wildman–Crippen MR) is 61.5 cm³/mol. The molecule has 1 heterocycles. The van der Waals surface area contributed by atoms with Gasteiger partial charge in [0.2, 0.25) is 0 Å². The molecule has 1 rings (SSSR count). The van der Waals surface area contributed by atoms with Crippen LogP contribution in [0.3, 0.4) is 0 Å². The number of unbranched alkanes of at least 4 members (excludes halogenated alkanes) is 2. The molecule has 0 atom stereocenters. The van der Waals surface area contributed by atoms with Crippen molar-refractivity contribution in [3.05, 3.63) is 29.6 Å². The third-order valence-electron chi connectivity index (χ3n) is 2.49. The van der Waals surface area contributed by atoms with Gasteiger partial charge in [-0.15, -0.1) is 0 Å². The first-order valence-corrected chi connectivity index (χ1v) is 5.80. The van der Waals surface area contributed by atoms with Crippen LogP contribution in [0.1, 0.15) is 50.8 Å². The van der Waals surface area contributed by atoms with Gasteiger partial charge in [0, 0.05) is 11.9 Å². The van der Waals surface area contributed by atoms with E-state index in [1.807, 2.05) is 6.20 Å². The molecule has 14 heavy (non-hydrogen) atoms. The maximum Gasteiger partial charge on any atom is 0.0403 e. The van der Waals surface area contributed by atoms with Gasteiger partial charge in [-0.3, -0.25) is 4.98 Å². The van der Waals surface area contributed by atoms with Gasteiger partial charge in [0.15, 0.2) is 0 Å². The molecule has 0 aliphatic carbocycles. The molecule has 0 fully saturated rings. The molecule has 1 heteroatoms. The first-order chi connectivity index (χ1) is 6.86. The molecule has 0 radical (unpaired) electrons. The summed E-state index contributed by atoms with van der Waals surface area (Å²) in [5.74, 6) is 0. The Kier molecular flexibility index (Phi) is 5.28. The average Bonchev–Trinajstić information content (AvgIpc) is 2.25. The SMILES string of the molecule is CCCCc1ccc(CCCC)nc1. The molecule has 1 aromatic heterocycles. The van der Waals surface area contributed by atoms with Gasteiger partial charge in [-0.2, -0.15) is 0 Å². The summed E-state index contributed by atoms with van der Waals surface area (Å²) < 4.78 is 0. The number of aromatic nitrogens is 1. The van der Waals surface area contributed by atoms with E-state index in [9.17, 15) is 0 Å². The van der Waals surface area contributed by atoms with Crippen LogP contribution in [0.15, 0.2) is 18.3 Å². The molecular weight excluding hydrogens is 170 g/mol. The Morgan fingerprint density at radius 3 is 2.29 bits per heavy atom. The van der Waals surface area contributed by atoms with E-state index in [2.05, 4.69) is 31.0 Å². The van der Waals surface area contributed by atoms with Gasteiger partial charge >= 0.3 is 0 Å². The normalized spacial score (nSPS) is 10.4. The lowest BCUT2D eigenvalue weighted by molar-refractivity contribution is 0.767. The highest BCUT2D eigenvalue weighted by Gasteiger charge is 1.95. The van der Waals surface area contributed by atoms with E-state index < -0.39 is 0 Å². The maximum absolute atomic E-state index is 4.47. The number of hydrogen-bond donors (Lipinski definition) is 0. The van der Waals surface area contributed by atoms with E-state index >= 15 is 0 Å². The highest BCUT2D eigenvalue weighted by atomic mass is 14.7. The zero-order chi connectivity index (χ0) is 10.2. The third-order valence-corrected chi connectivity index (χ3v) is 2.49. The van der Waals surface area contributed by atoms with Gasteiger partial charge in [0.1, 0.15) is 0 Å². The standard InChI is InChI=1S/C13H21N/c1-3-5-7-12-9-10-13(14-11-12)8-6-4-2/h9-11H,3-8H2,1-2H3. The Bertz CT molecular complexity index is 211. The van der Waals surface area contributed by atoms with Crippen LogP contribution < -0.4 is 0 Å². The summed E-state index contributed by atoms with van der Waals surface area (Å²) in [6, 6.07) is 4.41. The second-order valence-electron chi connectivity index (χ2n) is 3.86. The minimum atomic E-state index is 1.13. The summed E-state index contributed by atoms with van der Waals surface area (Å²) in [6.45, 7) is 4.44. The first kappa shape index (κ1) is 11.2.